The summed E-state index contributed by atoms with van der Waals surface area (Å²) in [4.78, 5) is 14.4. The Bertz CT molecular complexity index is 453. The molecule has 0 aliphatic rings. The maximum absolute atomic E-state index is 10.6. The number of hydrogen-bond acceptors (Lipinski definition) is 3. The summed E-state index contributed by atoms with van der Waals surface area (Å²) in [6.45, 7) is 0.597. The van der Waals surface area contributed by atoms with Crippen molar-refractivity contribution in [1.82, 2.24) is 14.8 Å². The topological polar surface area (TPSA) is 68.0 Å². The molecule has 1 N–H and O–H groups in total. The third-order valence-electron chi connectivity index (χ3n) is 2.01. The lowest BCUT2D eigenvalue weighted by molar-refractivity contribution is 0.0697. The molecule has 0 saturated carbocycles. The van der Waals surface area contributed by atoms with E-state index in [1.165, 1.54) is 6.33 Å². The highest BCUT2D eigenvalue weighted by atomic mass is 35.5. The molecule has 0 aliphatic carbocycles. The van der Waals surface area contributed by atoms with Crippen molar-refractivity contribution in [2.75, 3.05) is 0 Å². The molecule has 16 heavy (non-hydrogen) atoms. The fourth-order valence-corrected chi connectivity index (χ4v) is 1.25. The van der Waals surface area contributed by atoms with Gasteiger partial charge in [-0.3, -0.25) is 0 Å². The van der Waals surface area contributed by atoms with Gasteiger partial charge in [-0.25, -0.2) is 14.5 Å². The molecule has 1 aromatic carbocycles. The summed E-state index contributed by atoms with van der Waals surface area (Å²) >= 11 is 0. The van der Waals surface area contributed by atoms with E-state index in [9.17, 15) is 4.79 Å². The van der Waals surface area contributed by atoms with Gasteiger partial charge in [0.1, 0.15) is 12.7 Å². The van der Waals surface area contributed by atoms with Crippen LogP contribution >= 0.6 is 12.4 Å². The Labute approximate surface area is 98.2 Å². The molecule has 5 nitrogen and oxygen atoms in total. The second kappa shape index (κ2) is 5.27. The number of aromatic carboxylic acids is 1. The molecule has 2 aromatic rings. The molecule has 0 bridgehead atoms. The highest BCUT2D eigenvalue weighted by molar-refractivity contribution is 5.87. The van der Waals surface area contributed by atoms with Crippen LogP contribution in [-0.2, 0) is 6.54 Å². The van der Waals surface area contributed by atoms with Crippen LogP contribution in [0.3, 0.4) is 0 Å². The third-order valence-corrected chi connectivity index (χ3v) is 2.01. The fourth-order valence-electron chi connectivity index (χ4n) is 1.25. The van der Waals surface area contributed by atoms with Gasteiger partial charge in [-0.2, -0.15) is 5.10 Å². The van der Waals surface area contributed by atoms with Gasteiger partial charge >= 0.3 is 5.97 Å². The van der Waals surface area contributed by atoms with Crippen molar-refractivity contribution in [2.45, 2.75) is 6.54 Å². The number of benzene rings is 1. The summed E-state index contributed by atoms with van der Waals surface area (Å²) in [5.74, 6) is -0.915. The lowest BCUT2D eigenvalue weighted by atomic mass is 10.1. The highest BCUT2D eigenvalue weighted by Crippen LogP contribution is 2.05. The van der Waals surface area contributed by atoms with Gasteiger partial charge in [0, 0.05) is 0 Å². The van der Waals surface area contributed by atoms with Gasteiger partial charge in [-0.1, -0.05) is 12.1 Å². The zero-order chi connectivity index (χ0) is 10.7. The van der Waals surface area contributed by atoms with Gasteiger partial charge < -0.3 is 5.11 Å². The molecule has 1 aromatic heterocycles. The predicted octanol–water partition coefficient (Wildman–Crippen LogP) is 1.45. The Morgan fingerprint density at radius 3 is 2.50 bits per heavy atom. The zero-order valence-electron chi connectivity index (χ0n) is 8.28. The molecule has 6 heteroatoms. The first-order valence-electron chi connectivity index (χ1n) is 4.40. The summed E-state index contributed by atoms with van der Waals surface area (Å²) in [7, 11) is 0. The molecule has 0 saturated heterocycles. The summed E-state index contributed by atoms with van der Waals surface area (Å²) < 4.78 is 1.68. The van der Waals surface area contributed by atoms with Gasteiger partial charge in [0.05, 0.1) is 12.1 Å². The maximum Gasteiger partial charge on any atom is 0.335 e. The van der Waals surface area contributed by atoms with Crippen LogP contribution in [-0.4, -0.2) is 25.8 Å². The quantitative estimate of drug-likeness (QED) is 0.880. The fraction of sp³-hybridized carbons (Fsp3) is 0.100. The van der Waals surface area contributed by atoms with Crippen LogP contribution in [0.15, 0.2) is 36.9 Å². The van der Waals surface area contributed by atoms with Crippen LogP contribution in [0.25, 0.3) is 0 Å². The van der Waals surface area contributed by atoms with Gasteiger partial charge in [0.25, 0.3) is 0 Å². The molecular formula is C10H10ClN3O2. The van der Waals surface area contributed by atoms with Gasteiger partial charge in [0.15, 0.2) is 0 Å². The van der Waals surface area contributed by atoms with Crippen LogP contribution in [0.4, 0.5) is 0 Å². The van der Waals surface area contributed by atoms with Crippen LogP contribution in [0.1, 0.15) is 15.9 Å². The molecule has 84 valence electrons. The minimum atomic E-state index is -0.915. The molecule has 0 atom stereocenters. The predicted molar refractivity (Wildman–Crippen MR) is 59.8 cm³/mol. The minimum Gasteiger partial charge on any atom is -0.478 e. The number of nitrogens with zero attached hydrogens (tertiary/aromatic N) is 3. The second-order valence-electron chi connectivity index (χ2n) is 3.10. The van der Waals surface area contributed by atoms with E-state index in [1.54, 1.807) is 35.3 Å². The first kappa shape index (κ1) is 12.2. The molecule has 0 amide bonds. The zero-order valence-corrected chi connectivity index (χ0v) is 9.09. The van der Waals surface area contributed by atoms with Crippen molar-refractivity contribution in [1.29, 1.82) is 0 Å². The first-order chi connectivity index (χ1) is 7.25. The van der Waals surface area contributed by atoms with Gasteiger partial charge in [0.2, 0.25) is 0 Å². The summed E-state index contributed by atoms with van der Waals surface area (Å²) in [6.07, 6.45) is 3.08. The Kier molecular flexibility index (Phi) is 4.02. The average Bonchev–Trinajstić information content (AvgIpc) is 2.71. The van der Waals surface area contributed by atoms with Crippen molar-refractivity contribution in [3.05, 3.63) is 48.0 Å². The third kappa shape index (κ3) is 2.80. The number of carboxylic acid groups (broad SMARTS) is 1. The molecule has 0 radical (unpaired) electrons. The standard InChI is InChI=1S/C10H9N3O2.ClH/c14-10(15)9-3-1-8(2-4-9)5-13-7-11-6-12-13;/h1-4,6-7H,5H2,(H,14,15);1H. The Balaban J connectivity index is 0.00000128. The van der Waals surface area contributed by atoms with Crippen LogP contribution in [0, 0.1) is 0 Å². The Morgan fingerprint density at radius 1 is 1.31 bits per heavy atom. The number of rotatable bonds is 3. The summed E-state index contributed by atoms with van der Waals surface area (Å²) in [5.41, 5.74) is 1.28. The van der Waals surface area contributed by atoms with Crippen LogP contribution in [0.5, 0.6) is 0 Å². The van der Waals surface area contributed by atoms with E-state index in [0.29, 0.717) is 6.54 Å². The van der Waals surface area contributed by atoms with Crippen molar-refractivity contribution in [2.24, 2.45) is 0 Å². The smallest absolute Gasteiger partial charge is 0.335 e. The molecule has 0 aliphatic heterocycles. The van der Waals surface area contributed by atoms with E-state index >= 15 is 0 Å². The number of carboxylic acids is 1. The summed E-state index contributed by atoms with van der Waals surface area (Å²) in [5, 5.41) is 12.7. The molecule has 0 unspecified atom stereocenters. The highest BCUT2D eigenvalue weighted by Gasteiger charge is 2.01. The number of carbonyl (C=O) groups is 1. The maximum atomic E-state index is 10.6. The SMILES string of the molecule is Cl.O=C(O)c1ccc(Cn2cncn2)cc1. The largest absolute Gasteiger partial charge is 0.478 e. The molecular weight excluding hydrogens is 230 g/mol. The van der Waals surface area contributed by atoms with Gasteiger partial charge in [-0.15, -0.1) is 12.4 Å². The molecule has 2 rings (SSSR count). The lowest BCUT2D eigenvalue weighted by Crippen LogP contribution is -2.01. The number of hydrogen-bond donors (Lipinski definition) is 1. The van der Waals surface area contributed by atoms with Crippen molar-refractivity contribution in [3.63, 3.8) is 0 Å². The second-order valence-corrected chi connectivity index (χ2v) is 3.10. The number of aromatic nitrogens is 3. The average molecular weight is 240 g/mol. The van der Waals surface area contributed by atoms with E-state index in [0.717, 1.165) is 5.56 Å². The van der Waals surface area contributed by atoms with Crippen molar-refractivity contribution in [3.8, 4) is 0 Å². The van der Waals surface area contributed by atoms with E-state index in [-0.39, 0.29) is 18.0 Å². The van der Waals surface area contributed by atoms with Crippen molar-refractivity contribution >= 4 is 18.4 Å². The lowest BCUT2D eigenvalue weighted by Gasteiger charge is -2.01. The van der Waals surface area contributed by atoms with E-state index in [1.807, 2.05) is 0 Å². The summed E-state index contributed by atoms with van der Waals surface area (Å²) in [6, 6.07) is 6.69. The van der Waals surface area contributed by atoms with Gasteiger partial charge in [-0.05, 0) is 17.7 Å². The monoisotopic (exact) mass is 239 g/mol. The van der Waals surface area contributed by atoms with Crippen LogP contribution in [0.2, 0.25) is 0 Å². The first-order valence-corrected chi connectivity index (χ1v) is 4.40. The molecule has 1 heterocycles. The normalized spacial score (nSPS) is 9.50. The van der Waals surface area contributed by atoms with E-state index in [4.69, 9.17) is 5.11 Å². The Hall–Kier alpha value is -1.88. The number of halogens is 1. The van der Waals surface area contributed by atoms with Crippen LogP contribution < -0.4 is 0 Å². The minimum absolute atomic E-state index is 0. The van der Waals surface area contributed by atoms with E-state index in [2.05, 4.69) is 10.1 Å². The van der Waals surface area contributed by atoms with Crippen molar-refractivity contribution < 1.29 is 9.90 Å². The van der Waals surface area contributed by atoms with E-state index < -0.39 is 5.97 Å². The molecule has 0 fully saturated rings. The Morgan fingerprint density at radius 2 is 2.00 bits per heavy atom. The molecule has 0 spiro atoms.